The average molecular weight is 286 g/mol. The monoisotopic (exact) mass is 286 g/mol. The molecule has 0 bridgehead atoms. The van der Waals surface area contributed by atoms with E-state index in [2.05, 4.69) is 15.8 Å². The van der Waals surface area contributed by atoms with Crippen molar-refractivity contribution in [2.45, 2.75) is 0 Å². The molecule has 8 nitrogen and oxygen atoms in total. The molecule has 0 saturated carbocycles. The number of hydrogen-bond acceptors (Lipinski definition) is 5. The number of nitro benzene ring substituents is 1. The minimum absolute atomic E-state index is 0.0687. The molecule has 2 N–H and O–H groups in total. The summed E-state index contributed by atoms with van der Waals surface area (Å²) in [7, 11) is 0. The lowest BCUT2D eigenvalue weighted by Crippen LogP contribution is -2.41. The first-order valence-corrected chi connectivity index (χ1v) is 5.83. The molecule has 0 aliphatic heterocycles. The Bertz CT molecular complexity index is 688. The first-order chi connectivity index (χ1) is 10.1. The molecule has 0 atom stereocenters. The lowest BCUT2D eigenvalue weighted by atomic mass is 10.2. The molecule has 8 heteroatoms. The quantitative estimate of drug-likeness (QED) is 0.647. The third-order valence-electron chi connectivity index (χ3n) is 2.55. The summed E-state index contributed by atoms with van der Waals surface area (Å²) >= 11 is 0. The lowest BCUT2D eigenvalue weighted by Gasteiger charge is -2.07. The van der Waals surface area contributed by atoms with Crippen LogP contribution in [0.3, 0.4) is 0 Å². The first kappa shape index (κ1) is 14.1. The van der Waals surface area contributed by atoms with Gasteiger partial charge >= 0.3 is 0 Å². The number of non-ortho nitro benzene ring substituents is 1. The molecule has 0 radical (unpaired) electrons. The highest BCUT2D eigenvalue weighted by Gasteiger charge is 2.12. The summed E-state index contributed by atoms with van der Waals surface area (Å²) in [6.45, 7) is 0. The van der Waals surface area contributed by atoms with E-state index in [1.54, 1.807) is 0 Å². The van der Waals surface area contributed by atoms with Crippen molar-refractivity contribution in [1.82, 2.24) is 15.8 Å². The molecule has 0 aliphatic rings. The maximum absolute atomic E-state index is 11.8. The molecule has 0 saturated heterocycles. The van der Waals surface area contributed by atoms with Gasteiger partial charge in [0.15, 0.2) is 0 Å². The number of nitrogens with one attached hydrogen (secondary N) is 2. The highest BCUT2D eigenvalue weighted by Crippen LogP contribution is 2.12. The van der Waals surface area contributed by atoms with Crippen molar-refractivity contribution in [3.8, 4) is 0 Å². The normalized spacial score (nSPS) is 9.71. The predicted molar refractivity (Wildman–Crippen MR) is 72.3 cm³/mol. The van der Waals surface area contributed by atoms with Crippen molar-refractivity contribution in [3.63, 3.8) is 0 Å². The van der Waals surface area contributed by atoms with Gasteiger partial charge in [-0.2, -0.15) is 0 Å². The van der Waals surface area contributed by atoms with Crippen LogP contribution in [0.1, 0.15) is 20.7 Å². The summed E-state index contributed by atoms with van der Waals surface area (Å²) in [5.74, 6) is -1.17. The van der Waals surface area contributed by atoms with E-state index in [-0.39, 0.29) is 11.3 Å². The van der Waals surface area contributed by atoms with Gasteiger partial charge < -0.3 is 0 Å². The third-order valence-corrected chi connectivity index (χ3v) is 2.55. The molecule has 0 unspecified atom stereocenters. The zero-order valence-electron chi connectivity index (χ0n) is 10.6. The summed E-state index contributed by atoms with van der Waals surface area (Å²) < 4.78 is 0. The van der Waals surface area contributed by atoms with Gasteiger partial charge in [-0.15, -0.1) is 0 Å². The Morgan fingerprint density at radius 2 is 1.62 bits per heavy atom. The van der Waals surface area contributed by atoms with Gasteiger partial charge in [-0.1, -0.05) is 6.07 Å². The Hall–Kier alpha value is -3.29. The van der Waals surface area contributed by atoms with E-state index in [9.17, 15) is 19.7 Å². The zero-order chi connectivity index (χ0) is 15.2. The number of hydrazine groups is 1. The van der Waals surface area contributed by atoms with Crippen LogP contribution in [-0.2, 0) is 0 Å². The zero-order valence-corrected chi connectivity index (χ0v) is 10.6. The Balaban J connectivity index is 2.01. The minimum Gasteiger partial charge on any atom is -0.267 e. The van der Waals surface area contributed by atoms with Crippen LogP contribution in [0, 0.1) is 10.1 Å². The molecule has 21 heavy (non-hydrogen) atoms. The van der Waals surface area contributed by atoms with Crippen molar-refractivity contribution < 1.29 is 14.5 Å². The standard InChI is InChI=1S/C13H10N4O4/c18-12(9-4-6-14-7-5-9)15-16-13(19)10-2-1-3-11(8-10)17(20)21/h1-8H,(H,15,18)(H,16,19). The topological polar surface area (TPSA) is 114 Å². The maximum atomic E-state index is 11.8. The van der Waals surface area contributed by atoms with Crippen LogP contribution in [0.15, 0.2) is 48.8 Å². The second-order valence-electron chi connectivity index (χ2n) is 3.95. The fourth-order valence-electron chi connectivity index (χ4n) is 1.52. The van der Waals surface area contributed by atoms with Gasteiger partial charge in [-0.25, -0.2) is 0 Å². The van der Waals surface area contributed by atoms with Gasteiger partial charge in [-0.05, 0) is 18.2 Å². The van der Waals surface area contributed by atoms with Crippen molar-refractivity contribution in [2.75, 3.05) is 0 Å². The number of hydrogen-bond donors (Lipinski definition) is 2. The van der Waals surface area contributed by atoms with Crippen LogP contribution in [0.5, 0.6) is 0 Å². The largest absolute Gasteiger partial charge is 0.270 e. The molecule has 2 amide bonds. The predicted octanol–water partition coefficient (Wildman–Crippen LogP) is 1.06. The summed E-state index contributed by atoms with van der Waals surface area (Å²) in [5, 5.41) is 10.6. The van der Waals surface area contributed by atoms with Gasteiger partial charge in [0.25, 0.3) is 17.5 Å². The number of benzene rings is 1. The Kier molecular flexibility index (Phi) is 4.20. The van der Waals surface area contributed by atoms with Crippen LogP contribution in [0.2, 0.25) is 0 Å². The van der Waals surface area contributed by atoms with Crippen LogP contribution in [-0.4, -0.2) is 21.7 Å². The van der Waals surface area contributed by atoms with E-state index in [0.29, 0.717) is 5.56 Å². The van der Waals surface area contributed by atoms with Gasteiger partial charge in [-0.3, -0.25) is 35.5 Å². The first-order valence-electron chi connectivity index (χ1n) is 5.83. The molecule has 1 heterocycles. The summed E-state index contributed by atoms with van der Waals surface area (Å²) in [6, 6.07) is 8.14. The molecule has 0 fully saturated rings. The van der Waals surface area contributed by atoms with Gasteiger partial charge in [0.1, 0.15) is 0 Å². The molecular formula is C13H10N4O4. The molecule has 106 valence electrons. The number of rotatable bonds is 3. The molecule has 0 spiro atoms. The van der Waals surface area contributed by atoms with E-state index in [0.717, 1.165) is 6.07 Å². The number of amides is 2. The molecule has 1 aromatic carbocycles. The number of pyridine rings is 1. The van der Waals surface area contributed by atoms with Crippen molar-refractivity contribution in [1.29, 1.82) is 0 Å². The smallest absolute Gasteiger partial charge is 0.267 e. The highest BCUT2D eigenvalue weighted by atomic mass is 16.6. The van der Waals surface area contributed by atoms with E-state index in [4.69, 9.17) is 0 Å². The van der Waals surface area contributed by atoms with E-state index in [1.807, 2.05) is 0 Å². The van der Waals surface area contributed by atoms with Crippen molar-refractivity contribution >= 4 is 17.5 Å². The van der Waals surface area contributed by atoms with Gasteiger partial charge in [0.05, 0.1) is 4.92 Å². The fraction of sp³-hybridized carbons (Fsp3) is 0. The molecule has 2 rings (SSSR count). The SMILES string of the molecule is O=C(NNC(=O)c1cccc([N+](=O)[O-])c1)c1ccncc1. The van der Waals surface area contributed by atoms with Crippen LogP contribution in [0.4, 0.5) is 5.69 Å². The number of nitro groups is 1. The highest BCUT2D eigenvalue weighted by molar-refractivity contribution is 5.99. The average Bonchev–Trinajstić information content (AvgIpc) is 2.53. The van der Waals surface area contributed by atoms with Crippen LogP contribution >= 0.6 is 0 Å². The number of carbonyl (C=O) groups excluding carboxylic acids is 2. The van der Waals surface area contributed by atoms with Gasteiger partial charge in [0.2, 0.25) is 0 Å². The van der Waals surface area contributed by atoms with Crippen LogP contribution < -0.4 is 10.9 Å². The lowest BCUT2D eigenvalue weighted by molar-refractivity contribution is -0.384. The Morgan fingerprint density at radius 3 is 2.24 bits per heavy atom. The molecular weight excluding hydrogens is 276 g/mol. The second-order valence-corrected chi connectivity index (χ2v) is 3.95. The summed E-state index contributed by atoms with van der Waals surface area (Å²) in [5.41, 5.74) is 4.58. The van der Waals surface area contributed by atoms with Crippen molar-refractivity contribution in [2.24, 2.45) is 0 Å². The molecule has 2 aromatic rings. The Morgan fingerprint density at radius 1 is 1.00 bits per heavy atom. The van der Waals surface area contributed by atoms with E-state index >= 15 is 0 Å². The number of carbonyl (C=O) groups is 2. The minimum atomic E-state index is -0.652. The maximum Gasteiger partial charge on any atom is 0.270 e. The Labute approximate surface area is 118 Å². The van der Waals surface area contributed by atoms with Gasteiger partial charge in [0, 0.05) is 35.7 Å². The van der Waals surface area contributed by atoms with Crippen molar-refractivity contribution in [3.05, 3.63) is 70.0 Å². The molecule has 1 aromatic heterocycles. The van der Waals surface area contributed by atoms with E-state index < -0.39 is 16.7 Å². The molecule has 0 aliphatic carbocycles. The number of nitrogens with zero attached hydrogens (tertiary/aromatic N) is 2. The van der Waals surface area contributed by atoms with Crippen LogP contribution in [0.25, 0.3) is 0 Å². The second kappa shape index (κ2) is 6.24. The summed E-state index contributed by atoms with van der Waals surface area (Å²) in [6.07, 6.45) is 2.88. The fourth-order valence-corrected chi connectivity index (χ4v) is 1.52. The number of aromatic nitrogens is 1. The van der Waals surface area contributed by atoms with E-state index in [1.165, 1.54) is 42.7 Å². The summed E-state index contributed by atoms with van der Waals surface area (Å²) in [4.78, 5) is 37.3. The third kappa shape index (κ3) is 3.60.